The summed E-state index contributed by atoms with van der Waals surface area (Å²) in [6.07, 6.45) is 9.39. The lowest BCUT2D eigenvalue weighted by molar-refractivity contribution is -0.380. The molecule has 2 unspecified atom stereocenters. The highest BCUT2D eigenvalue weighted by Crippen LogP contribution is 2.32. The lowest BCUT2D eigenvalue weighted by Gasteiger charge is -2.25. The molecule has 2 aliphatic heterocycles. The Balaban J connectivity index is 1.69. The Bertz CT molecular complexity index is 810. The van der Waals surface area contributed by atoms with Crippen molar-refractivity contribution in [3.63, 3.8) is 0 Å². The van der Waals surface area contributed by atoms with Crippen LogP contribution >= 0.6 is 0 Å². The molecule has 1 fully saturated rings. The molecule has 23 heavy (non-hydrogen) atoms. The summed E-state index contributed by atoms with van der Waals surface area (Å²) in [5.74, 6) is 0.423. The van der Waals surface area contributed by atoms with Crippen LogP contribution in [-0.2, 0) is 4.79 Å². The molecule has 5 nitrogen and oxygen atoms in total. The Kier molecular flexibility index (Phi) is 3.04. The van der Waals surface area contributed by atoms with Gasteiger partial charge in [-0.25, -0.2) is 9.38 Å². The van der Waals surface area contributed by atoms with Gasteiger partial charge >= 0.3 is 0 Å². The van der Waals surface area contributed by atoms with E-state index in [0.29, 0.717) is 17.1 Å². The van der Waals surface area contributed by atoms with E-state index in [1.54, 1.807) is 23.2 Å². The molecule has 1 aromatic carbocycles. The molecule has 2 N–H and O–H groups in total. The van der Waals surface area contributed by atoms with Crippen LogP contribution in [0.15, 0.2) is 54.5 Å². The molecular weight excluding hydrogens is 297 g/mol. The largest absolute Gasteiger partial charge is 0.497 e. The molecule has 3 aliphatic rings. The van der Waals surface area contributed by atoms with E-state index >= 15 is 0 Å². The van der Waals surface area contributed by atoms with Gasteiger partial charge in [-0.05, 0) is 12.1 Å². The fourth-order valence-electron chi connectivity index (χ4n) is 3.06. The number of amides is 1. The number of methoxy groups -OCH3 is 1. The number of hydrogen-bond donors (Lipinski definition) is 2. The summed E-state index contributed by atoms with van der Waals surface area (Å²) < 4.78 is 19.3. The molecule has 0 spiro atoms. The van der Waals surface area contributed by atoms with Gasteiger partial charge in [0.15, 0.2) is 5.82 Å². The third-order valence-corrected chi connectivity index (χ3v) is 4.21. The second-order valence-electron chi connectivity index (χ2n) is 5.49. The first-order valence-electron chi connectivity index (χ1n) is 7.30. The number of allylic oxidation sites excluding steroid dienone is 2. The number of rotatable bonds is 2. The van der Waals surface area contributed by atoms with Gasteiger partial charge in [0, 0.05) is 17.7 Å². The lowest BCUT2D eigenvalue weighted by Crippen LogP contribution is -2.74. The average molecular weight is 312 g/mol. The number of ether oxygens (including phenoxy) is 1. The van der Waals surface area contributed by atoms with E-state index in [2.05, 4.69) is 10.3 Å². The van der Waals surface area contributed by atoms with Gasteiger partial charge in [-0.15, -0.1) is 0 Å². The van der Waals surface area contributed by atoms with Crippen LogP contribution in [0.5, 0.6) is 5.75 Å². The van der Waals surface area contributed by atoms with Gasteiger partial charge in [-0.2, -0.15) is 0 Å². The summed E-state index contributed by atoms with van der Waals surface area (Å²) in [6, 6.07) is 3.59. The van der Waals surface area contributed by atoms with E-state index in [1.165, 1.54) is 13.2 Å². The maximum absolute atomic E-state index is 14.3. The topological polar surface area (TPSA) is 55.5 Å². The van der Waals surface area contributed by atoms with Gasteiger partial charge in [0.25, 0.3) is 5.91 Å². The molecule has 0 saturated carbocycles. The van der Waals surface area contributed by atoms with E-state index in [9.17, 15) is 9.18 Å². The summed E-state index contributed by atoms with van der Waals surface area (Å²) in [5, 5.41) is 3.09. The van der Waals surface area contributed by atoms with Gasteiger partial charge in [0.2, 0.25) is 11.9 Å². The molecule has 0 aromatic heterocycles. The SMILES string of the molecule is COc1ccc(C2NC3=C[NH+]=C4C=CC=CC4N3C2=O)c(F)c1. The molecule has 6 heteroatoms. The molecule has 0 bridgehead atoms. The van der Waals surface area contributed by atoms with E-state index in [-0.39, 0.29) is 11.9 Å². The lowest BCUT2D eigenvalue weighted by atomic mass is 10.0. The van der Waals surface area contributed by atoms with Crippen LogP contribution in [0.4, 0.5) is 4.39 Å². The third kappa shape index (κ3) is 2.06. The molecule has 1 amide bonds. The summed E-state index contributed by atoms with van der Waals surface area (Å²) in [4.78, 5) is 17.6. The molecule has 2 heterocycles. The zero-order valence-electron chi connectivity index (χ0n) is 12.4. The number of fused-ring (bicyclic) bond motifs is 3. The second-order valence-corrected chi connectivity index (χ2v) is 5.49. The van der Waals surface area contributed by atoms with Gasteiger partial charge in [-0.3, -0.25) is 9.69 Å². The summed E-state index contributed by atoms with van der Waals surface area (Å²) in [5.41, 5.74) is 1.23. The van der Waals surface area contributed by atoms with Gasteiger partial charge in [0.05, 0.1) is 7.11 Å². The third-order valence-electron chi connectivity index (χ3n) is 4.21. The van der Waals surface area contributed by atoms with E-state index < -0.39 is 11.9 Å². The number of carbonyl (C=O) groups is 1. The quantitative estimate of drug-likeness (QED) is 0.816. The number of benzene rings is 1. The number of halogens is 1. The Morgan fingerprint density at radius 3 is 3.00 bits per heavy atom. The van der Waals surface area contributed by atoms with E-state index in [0.717, 1.165) is 5.71 Å². The molecule has 0 radical (unpaired) electrons. The van der Waals surface area contributed by atoms with Crippen molar-refractivity contribution >= 4 is 11.6 Å². The molecule has 116 valence electrons. The van der Waals surface area contributed by atoms with Crippen LogP contribution < -0.4 is 15.0 Å². The predicted octanol–water partition coefficient (Wildman–Crippen LogP) is 0.136. The highest BCUT2D eigenvalue weighted by atomic mass is 19.1. The van der Waals surface area contributed by atoms with E-state index in [4.69, 9.17) is 4.74 Å². The van der Waals surface area contributed by atoms with Crippen LogP contribution in [0.25, 0.3) is 0 Å². The summed E-state index contributed by atoms with van der Waals surface area (Å²) in [7, 11) is 1.48. The minimum atomic E-state index is -0.743. The summed E-state index contributed by atoms with van der Waals surface area (Å²) >= 11 is 0. The van der Waals surface area contributed by atoms with Crippen molar-refractivity contribution in [2.45, 2.75) is 12.1 Å². The Morgan fingerprint density at radius 2 is 2.22 bits per heavy atom. The first-order chi connectivity index (χ1) is 11.2. The fraction of sp³-hybridized carbons (Fsp3) is 0.176. The van der Waals surface area contributed by atoms with Crippen molar-refractivity contribution in [3.05, 3.63) is 65.9 Å². The molecule has 1 saturated heterocycles. The minimum Gasteiger partial charge on any atom is -0.497 e. The first kappa shape index (κ1) is 13.8. The van der Waals surface area contributed by atoms with Crippen molar-refractivity contribution in [3.8, 4) is 5.75 Å². The second kappa shape index (κ2) is 5.08. The summed E-state index contributed by atoms with van der Waals surface area (Å²) in [6.45, 7) is 0. The standard InChI is InChI=1S/C17H14FN3O2/c1-23-10-6-7-11(12(18)8-10)16-17(22)21-14-5-3-2-4-13(14)19-9-15(21)20-16/h2-9,14,16,20H,1H3/p+1. The van der Waals surface area contributed by atoms with Gasteiger partial charge in [-0.1, -0.05) is 18.2 Å². The number of nitrogens with zero attached hydrogens (tertiary/aromatic N) is 1. The average Bonchev–Trinajstić information content (AvgIpc) is 2.92. The van der Waals surface area contributed by atoms with Crippen molar-refractivity contribution in [2.75, 3.05) is 7.11 Å². The fourth-order valence-corrected chi connectivity index (χ4v) is 3.06. The monoisotopic (exact) mass is 312 g/mol. The molecule has 4 rings (SSSR count). The highest BCUT2D eigenvalue weighted by molar-refractivity contribution is 6.02. The predicted molar refractivity (Wildman–Crippen MR) is 81.8 cm³/mol. The van der Waals surface area contributed by atoms with Crippen LogP contribution in [-0.4, -0.2) is 29.7 Å². The van der Waals surface area contributed by atoms with Crippen molar-refractivity contribution in [2.24, 2.45) is 0 Å². The van der Waals surface area contributed by atoms with Crippen LogP contribution in [0.2, 0.25) is 0 Å². The molecular formula is C17H15FN3O2+. The molecule has 1 aromatic rings. The van der Waals surface area contributed by atoms with Crippen LogP contribution in [0.1, 0.15) is 11.6 Å². The zero-order chi connectivity index (χ0) is 16.0. The van der Waals surface area contributed by atoms with Crippen molar-refractivity contribution in [1.82, 2.24) is 10.2 Å². The van der Waals surface area contributed by atoms with Crippen molar-refractivity contribution in [1.29, 1.82) is 0 Å². The van der Waals surface area contributed by atoms with Gasteiger partial charge < -0.3 is 10.1 Å². The van der Waals surface area contributed by atoms with Crippen molar-refractivity contribution < 1.29 is 18.9 Å². The van der Waals surface area contributed by atoms with Crippen LogP contribution in [0.3, 0.4) is 0 Å². The highest BCUT2D eigenvalue weighted by Gasteiger charge is 2.45. The van der Waals surface area contributed by atoms with Crippen LogP contribution in [0, 0.1) is 5.82 Å². The minimum absolute atomic E-state index is 0.177. The Morgan fingerprint density at radius 1 is 1.35 bits per heavy atom. The van der Waals surface area contributed by atoms with Gasteiger partial charge in [0.1, 0.15) is 23.7 Å². The smallest absolute Gasteiger partial charge is 0.256 e. The first-order valence-corrected chi connectivity index (χ1v) is 7.30. The molecule has 1 aliphatic carbocycles. The Hall–Kier alpha value is -2.89. The molecule has 2 atom stereocenters. The number of hydrogen-bond acceptors (Lipinski definition) is 3. The van der Waals surface area contributed by atoms with E-state index in [1.807, 2.05) is 24.3 Å². The Labute approximate surface area is 132 Å². The maximum Gasteiger partial charge on any atom is 0.256 e. The maximum atomic E-state index is 14.3. The zero-order valence-corrected chi connectivity index (χ0v) is 12.4. The number of nitrogens with one attached hydrogen (secondary N) is 2. The number of carbonyl (C=O) groups excluding carboxylic acids is 1. The normalized spacial score (nSPS) is 24.6.